The van der Waals surface area contributed by atoms with Gasteiger partial charge in [-0.15, -0.1) is 4.98 Å². The van der Waals surface area contributed by atoms with Gasteiger partial charge in [-0.2, -0.15) is 10.2 Å². The molecule has 1 N–H and O–H groups in total. The number of nitrogens with zero attached hydrogens (tertiary/aromatic N) is 5. The smallest absolute Gasteiger partial charge is 0.407 e. The van der Waals surface area contributed by atoms with Crippen LogP contribution in [0, 0.1) is 11.3 Å². The average molecular weight is 482 g/mol. The van der Waals surface area contributed by atoms with Gasteiger partial charge in [-0.25, -0.2) is 4.79 Å². The Morgan fingerprint density at radius 3 is 2.91 bits per heavy atom. The number of amides is 1. The van der Waals surface area contributed by atoms with Crippen molar-refractivity contribution in [2.75, 3.05) is 30.8 Å². The van der Waals surface area contributed by atoms with E-state index >= 15 is 0 Å². The molecule has 3 aliphatic rings. The van der Waals surface area contributed by atoms with Crippen molar-refractivity contribution in [2.24, 2.45) is 0 Å². The third-order valence-corrected chi connectivity index (χ3v) is 7.84. The molecule has 3 heterocycles. The lowest BCUT2D eigenvalue weighted by molar-refractivity contribution is 0.0191. The largest absolute Gasteiger partial charge is 0.609 e. The van der Waals surface area contributed by atoms with Crippen molar-refractivity contribution in [2.45, 2.75) is 55.3 Å². The Hall–Kier alpha value is -3.03. The zero-order valence-corrected chi connectivity index (χ0v) is 19.9. The van der Waals surface area contributed by atoms with Gasteiger partial charge in [0, 0.05) is 30.8 Å². The summed E-state index contributed by atoms with van der Waals surface area (Å²) in [5, 5.41) is 19.0. The molecular weight excluding hydrogens is 454 g/mol. The second kappa shape index (κ2) is 8.96. The number of aryl methyl sites for hydroxylation is 1. The van der Waals surface area contributed by atoms with Gasteiger partial charge in [0.2, 0.25) is 5.88 Å². The van der Waals surface area contributed by atoms with Crippen molar-refractivity contribution in [1.82, 2.24) is 14.9 Å². The average Bonchev–Trinajstić information content (AvgIpc) is 2.83. The fourth-order valence-electron chi connectivity index (χ4n) is 5.52. The van der Waals surface area contributed by atoms with Crippen molar-refractivity contribution < 1.29 is 19.2 Å². The number of fused-ring (bicyclic) bond motifs is 3. The molecule has 178 valence electrons. The predicted molar refractivity (Wildman–Crippen MR) is 125 cm³/mol. The van der Waals surface area contributed by atoms with Gasteiger partial charge in [-0.1, -0.05) is 24.3 Å². The van der Waals surface area contributed by atoms with Gasteiger partial charge in [0.15, 0.2) is 0 Å². The van der Waals surface area contributed by atoms with E-state index in [1.54, 1.807) is 6.26 Å². The molecule has 2 aliphatic heterocycles. The normalized spacial score (nSPS) is 24.6. The van der Waals surface area contributed by atoms with E-state index in [2.05, 4.69) is 34.2 Å². The van der Waals surface area contributed by atoms with Crippen molar-refractivity contribution in [3.63, 3.8) is 0 Å². The van der Waals surface area contributed by atoms with E-state index in [9.17, 15) is 19.7 Å². The van der Waals surface area contributed by atoms with Crippen LogP contribution >= 0.6 is 0 Å². The minimum atomic E-state index is -1.42. The first-order valence-corrected chi connectivity index (χ1v) is 13.1. The Balaban J connectivity index is 1.53. The molecule has 1 aromatic heterocycles. The number of hydrogen-bond acceptors (Lipinski definition) is 7. The van der Waals surface area contributed by atoms with Gasteiger partial charge in [-0.3, -0.25) is 0 Å². The van der Waals surface area contributed by atoms with Crippen LogP contribution in [0.4, 0.5) is 10.6 Å². The first-order valence-electron chi connectivity index (χ1n) is 11.5. The van der Waals surface area contributed by atoms with Crippen LogP contribution in [0.3, 0.4) is 0 Å². The van der Waals surface area contributed by atoms with Crippen molar-refractivity contribution in [1.29, 1.82) is 5.26 Å². The summed E-state index contributed by atoms with van der Waals surface area (Å²) in [6.07, 6.45) is 5.07. The highest BCUT2D eigenvalue weighted by Crippen LogP contribution is 2.47. The molecule has 1 fully saturated rings. The summed E-state index contributed by atoms with van der Waals surface area (Å²) in [7, 11) is 0. The van der Waals surface area contributed by atoms with Crippen molar-refractivity contribution in [3.8, 4) is 11.9 Å². The Labute approximate surface area is 201 Å². The highest BCUT2D eigenvalue weighted by Gasteiger charge is 2.44. The molecule has 9 nitrogen and oxygen atoms in total. The molecule has 1 amide bonds. The van der Waals surface area contributed by atoms with Crippen molar-refractivity contribution in [3.05, 3.63) is 41.0 Å². The van der Waals surface area contributed by atoms with Crippen LogP contribution in [0.25, 0.3) is 0 Å². The van der Waals surface area contributed by atoms with Gasteiger partial charge >= 0.3 is 11.2 Å². The molecule has 10 heteroatoms. The van der Waals surface area contributed by atoms with Crippen LogP contribution in [0.5, 0.6) is 5.88 Å². The molecule has 1 aromatic carbocycles. The van der Waals surface area contributed by atoms with Crippen LogP contribution < -0.4 is 9.64 Å². The molecule has 3 atom stereocenters. The second-order valence-corrected chi connectivity index (χ2v) is 10.4. The summed E-state index contributed by atoms with van der Waals surface area (Å²) >= 11 is -1.42. The number of carbonyl (C=O) groups is 1. The van der Waals surface area contributed by atoms with Gasteiger partial charge in [0.25, 0.3) is 0 Å². The highest BCUT2D eigenvalue weighted by molar-refractivity contribution is 7.90. The highest BCUT2D eigenvalue weighted by atomic mass is 32.2. The molecule has 1 spiro atoms. The maximum Gasteiger partial charge on any atom is 0.407 e. The number of benzene rings is 1. The number of rotatable bonds is 3. The summed E-state index contributed by atoms with van der Waals surface area (Å²) < 4.78 is 19.1. The zero-order chi connectivity index (χ0) is 23.9. The van der Waals surface area contributed by atoms with Crippen LogP contribution in [-0.4, -0.2) is 62.6 Å². The van der Waals surface area contributed by atoms with Crippen LogP contribution in [0.15, 0.2) is 29.4 Å². The quantitative estimate of drug-likeness (QED) is 0.524. The fraction of sp³-hybridized carbons (Fsp3) is 0.500. The Bertz CT molecular complexity index is 1150. The molecule has 2 unspecified atom stereocenters. The fourth-order valence-corrected chi connectivity index (χ4v) is 5.94. The molecule has 1 saturated heterocycles. The monoisotopic (exact) mass is 481 g/mol. The molecule has 0 bridgehead atoms. The summed E-state index contributed by atoms with van der Waals surface area (Å²) in [4.78, 5) is 24.2. The predicted octanol–water partition coefficient (Wildman–Crippen LogP) is 2.85. The number of nitriles is 1. The van der Waals surface area contributed by atoms with Crippen LogP contribution in [-0.2, 0) is 29.6 Å². The first kappa shape index (κ1) is 22.7. The number of carboxylic acid groups (broad SMARTS) is 1. The molecular formula is C24H27N5O4S. The summed E-state index contributed by atoms with van der Waals surface area (Å²) in [6, 6.07) is 10.0. The topological polar surface area (TPSA) is 126 Å². The number of anilines is 1. The summed E-state index contributed by atoms with van der Waals surface area (Å²) in [6.45, 7) is 1.04. The van der Waals surface area contributed by atoms with E-state index in [0.717, 1.165) is 31.2 Å². The van der Waals surface area contributed by atoms with Crippen LogP contribution in [0.1, 0.15) is 42.4 Å². The summed E-state index contributed by atoms with van der Waals surface area (Å²) in [5.74, 6) is 1.11. The lowest BCUT2D eigenvalue weighted by Crippen LogP contribution is -2.55. The molecule has 0 saturated carbocycles. The van der Waals surface area contributed by atoms with Crippen molar-refractivity contribution >= 4 is 23.1 Å². The molecule has 0 radical (unpaired) electrons. The zero-order valence-electron chi connectivity index (χ0n) is 19.1. The Morgan fingerprint density at radius 1 is 1.32 bits per heavy atom. The Kier molecular flexibility index (Phi) is 6.00. The van der Waals surface area contributed by atoms with E-state index in [1.165, 1.54) is 16.0 Å². The second-order valence-electron chi connectivity index (χ2n) is 9.11. The lowest BCUT2D eigenvalue weighted by atomic mass is 9.75. The van der Waals surface area contributed by atoms with Gasteiger partial charge in [0.05, 0.1) is 24.1 Å². The van der Waals surface area contributed by atoms with Gasteiger partial charge in [0.1, 0.15) is 17.7 Å². The van der Waals surface area contributed by atoms with Gasteiger partial charge in [-0.05, 0) is 43.2 Å². The molecule has 5 rings (SSSR count). The van der Waals surface area contributed by atoms with Gasteiger partial charge < -0.3 is 24.2 Å². The van der Waals surface area contributed by atoms with E-state index in [-0.39, 0.29) is 18.1 Å². The minimum Gasteiger partial charge on any atom is -0.609 e. The number of ether oxygens (including phenoxy) is 1. The van der Waals surface area contributed by atoms with E-state index in [4.69, 9.17) is 4.74 Å². The Morgan fingerprint density at radius 2 is 2.15 bits per heavy atom. The minimum absolute atomic E-state index is 0.0963. The summed E-state index contributed by atoms with van der Waals surface area (Å²) in [5.41, 5.74) is 2.92. The molecule has 2 aromatic rings. The van der Waals surface area contributed by atoms with E-state index in [0.29, 0.717) is 31.2 Å². The maximum atomic E-state index is 12.4. The van der Waals surface area contributed by atoms with E-state index in [1.807, 2.05) is 11.0 Å². The molecule has 34 heavy (non-hydrogen) atoms. The van der Waals surface area contributed by atoms with E-state index < -0.39 is 28.9 Å². The standard InChI is InChI=1S/C24H27N5O4S/c1-34(32)22-26-20(28-13-14-29(23(30)31)17(15-28)9-12-25)18-8-11-24(33-21(18)27-22)10-4-6-16-5-2-3-7-19(16)24/h2-3,5,7,17H,4,6,8-11,13-15H2,1H3,(H,30,31)/t17-,24?,34?/m0/s1. The third kappa shape index (κ3) is 3.93. The lowest BCUT2D eigenvalue weighted by Gasteiger charge is -2.44. The number of hydrogen-bond donors (Lipinski definition) is 1. The third-order valence-electron chi connectivity index (χ3n) is 7.14. The first-order chi connectivity index (χ1) is 16.4. The number of piperazine rings is 1. The number of aromatic nitrogens is 2. The maximum absolute atomic E-state index is 12.4. The molecule has 1 aliphatic carbocycles. The SMILES string of the molecule is C[S+]([O-])c1nc2c(c(N3CCN(C(=O)O)[C@@H](CC#N)C3)n1)CCC1(CCCc3ccccc31)O2. The van der Waals surface area contributed by atoms with Crippen LogP contribution in [0.2, 0.25) is 0 Å².